The Hall–Kier alpha value is -2.08. The molecule has 0 aliphatic heterocycles. The average Bonchev–Trinajstić information content (AvgIpc) is 2.37. The molecule has 1 amide bonds. The van der Waals surface area contributed by atoms with E-state index in [4.69, 9.17) is 14.6 Å². The summed E-state index contributed by atoms with van der Waals surface area (Å²) in [6, 6.07) is 6.54. The van der Waals surface area contributed by atoms with E-state index in [2.05, 4.69) is 5.32 Å². The van der Waals surface area contributed by atoms with Crippen LogP contribution < -0.4 is 10.1 Å². The van der Waals surface area contributed by atoms with Crippen LogP contribution >= 0.6 is 0 Å². The Bertz CT molecular complexity index is 476. The fraction of sp³-hybridized carbons (Fsp3) is 0.467. The van der Waals surface area contributed by atoms with Gasteiger partial charge in [0.1, 0.15) is 11.4 Å². The lowest BCUT2D eigenvalue weighted by atomic mass is 10.2. The van der Waals surface area contributed by atoms with Crippen molar-refractivity contribution in [1.29, 1.82) is 0 Å². The zero-order valence-electron chi connectivity index (χ0n) is 12.5. The van der Waals surface area contributed by atoms with E-state index in [1.54, 1.807) is 45.0 Å². The predicted molar refractivity (Wildman–Crippen MR) is 76.9 cm³/mol. The molecule has 1 rings (SSSR count). The number of esters is 1. The van der Waals surface area contributed by atoms with Crippen molar-refractivity contribution >= 4 is 12.1 Å². The Kier molecular flexibility index (Phi) is 6.17. The fourth-order valence-corrected chi connectivity index (χ4v) is 1.43. The van der Waals surface area contributed by atoms with Crippen LogP contribution in [-0.4, -0.2) is 29.3 Å². The Morgan fingerprint density at radius 1 is 1.19 bits per heavy atom. The summed E-state index contributed by atoms with van der Waals surface area (Å²) in [7, 11) is 0. The maximum atomic E-state index is 11.6. The van der Waals surface area contributed by atoms with E-state index in [0.29, 0.717) is 5.75 Å². The maximum Gasteiger partial charge on any atom is 0.407 e. The highest BCUT2D eigenvalue weighted by atomic mass is 16.6. The van der Waals surface area contributed by atoms with E-state index in [1.807, 2.05) is 0 Å². The number of rotatable bonds is 5. The van der Waals surface area contributed by atoms with Crippen molar-refractivity contribution in [3.05, 3.63) is 29.8 Å². The van der Waals surface area contributed by atoms with Gasteiger partial charge < -0.3 is 19.9 Å². The standard InChI is InChI=1S/C15H21NO5/c1-15(2,3)21-14(19)16-9-8-13(18)20-12-6-4-11(10-17)5-7-12/h4-7,17H,8-10H2,1-3H3,(H,16,19). The second-order valence-electron chi connectivity index (χ2n) is 5.45. The summed E-state index contributed by atoms with van der Waals surface area (Å²) in [6.45, 7) is 5.36. The third-order valence-electron chi connectivity index (χ3n) is 2.33. The first-order chi connectivity index (χ1) is 9.80. The van der Waals surface area contributed by atoms with Gasteiger partial charge in [-0.05, 0) is 38.5 Å². The summed E-state index contributed by atoms with van der Waals surface area (Å²) in [4.78, 5) is 22.9. The molecule has 0 radical (unpaired) electrons. The molecule has 6 heteroatoms. The van der Waals surface area contributed by atoms with Gasteiger partial charge in [0.2, 0.25) is 0 Å². The van der Waals surface area contributed by atoms with E-state index >= 15 is 0 Å². The molecule has 0 bridgehead atoms. The van der Waals surface area contributed by atoms with Gasteiger partial charge in [0, 0.05) is 6.54 Å². The Morgan fingerprint density at radius 3 is 2.33 bits per heavy atom. The second-order valence-corrected chi connectivity index (χ2v) is 5.45. The molecule has 0 atom stereocenters. The van der Waals surface area contributed by atoms with E-state index < -0.39 is 17.7 Å². The quantitative estimate of drug-likeness (QED) is 0.641. The lowest BCUT2D eigenvalue weighted by Gasteiger charge is -2.19. The summed E-state index contributed by atoms with van der Waals surface area (Å²) in [5, 5.41) is 11.4. The Balaban J connectivity index is 2.29. The molecule has 0 aliphatic rings. The third kappa shape index (κ3) is 7.31. The van der Waals surface area contributed by atoms with Crippen molar-refractivity contribution in [3.8, 4) is 5.75 Å². The molecule has 0 fully saturated rings. The molecular weight excluding hydrogens is 274 g/mol. The number of amides is 1. The number of nitrogens with one attached hydrogen (secondary N) is 1. The minimum atomic E-state index is -0.570. The lowest BCUT2D eigenvalue weighted by Crippen LogP contribution is -2.34. The number of alkyl carbamates (subject to hydrolysis) is 1. The number of carbonyl (C=O) groups is 2. The van der Waals surface area contributed by atoms with Crippen molar-refractivity contribution in [2.45, 2.75) is 39.4 Å². The van der Waals surface area contributed by atoms with Crippen molar-refractivity contribution in [1.82, 2.24) is 5.32 Å². The van der Waals surface area contributed by atoms with Crippen LogP contribution in [0.4, 0.5) is 4.79 Å². The largest absolute Gasteiger partial charge is 0.444 e. The average molecular weight is 295 g/mol. The second kappa shape index (κ2) is 7.64. The molecule has 1 aromatic rings. The van der Waals surface area contributed by atoms with Crippen molar-refractivity contribution in [3.63, 3.8) is 0 Å². The van der Waals surface area contributed by atoms with E-state index in [9.17, 15) is 9.59 Å². The number of carbonyl (C=O) groups excluding carboxylic acids is 2. The summed E-state index contributed by atoms with van der Waals surface area (Å²) in [5.41, 5.74) is 0.167. The molecule has 1 aromatic carbocycles. The molecule has 0 heterocycles. The minimum Gasteiger partial charge on any atom is -0.444 e. The van der Waals surface area contributed by atoms with Crippen LogP contribution in [0.2, 0.25) is 0 Å². The van der Waals surface area contributed by atoms with Gasteiger partial charge in [-0.15, -0.1) is 0 Å². The Labute approximate surface area is 124 Å². The van der Waals surface area contributed by atoms with E-state index in [1.165, 1.54) is 0 Å². The van der Waals surface area contributed by atoms with Crippen LogP contribution in [-0.2, 0) is 16.1 Å². The molecule has 0 saturated heterocycles. The van der Waals surface area contributed by atoms with Crippen LogP contribution in [0.1, 0.15) is 32.8 Å². The summed E-state index contributed by atoms with van der Waals surface area (Å²) in [6.07, 6.45) is -0.524. The molecule has 0 aliphatic carbocycles. The number of hydrogen-bond donors (Lipinski definition) is 2. The first-order valence-corrected chi connectivity index (χ1v) is 6.67. The number of hydrogen-bond acceptors (Lipinski definition) is 5. The Morgan fingerprint density at radius 2 is 1.81 bits per heavy atom. The highest BCUT2D eigenvalue weighted by Crippen LogP contribution is 2.12. The van der Waals surface area contributed by atoms with Crippen LogP contribution in [0.5, 0.6) is 5.75 Å². The van der Waals surface area contributed by atoms with Gasteiger partial charge in [0.15, 0.2) is 0 Å². The number of benzene rings is 1. The first kappa shape index (κ1) is 17.0. The van der Waals surface area contributed by atoms with E-state index in [0.717, 1.165) is 5.56 Å². The van der Waals surface area contributed by atoms with Crippen LogP contribution in [0, 0.1) is 0 Å². The molecule has 116 valence electrons. The molecule has 0 aromatic heterocycles. The van der Waals surface area contributed by atoms with Gasteiger partial charge in [-0.25, -0.2) is 4.79 Å². The maximum absolute atomic E-state index is 11.6. The molecule has 0 unspecified atom stereocenters. The van der Waals surface area contributed by atoms with Crippen molar-refractivity contribution in [2.24, 2.45) is 0 Å². The number of aliphatic hydroxyl groups is 1. The zero-order valence-corrected chi connectivity index (χ0v) is 12.5. The van der Waals surface area contributed by atoms with Crippen LogP contribution in [0.15, 0.2) is 24.3 Å². The normalized spacial score (nSPS) is 10.9. The van der Waals surface area contributed by atoms with Gasteiger partial charge in [-0.1, -0.05) is 12.1 Å². The number of ether oxygens (including phenoxy) is 2. The summed E-state index contributed by atoms with van der Waals surface area (Å²) in [5.74, 6) is -0.0581. The van der Waals surface area contributed by atoms with E-state index in [-0.39, 0.29) is 19.6 Å². The van der Waals surface area contributed by atoms with Gasteiger partial charge in [0.05, 0.1) is 13.0 Å². The van der Waals surface area contributed by atoms with Crippen LogP contribution in [0.3, 0.4) is 0 Å². The summed E-state index contributed by atoms with van der Waals surface area (Å²) >= 11 is 0. The highest BCUT2D eigenvalue weighted by Gasteiger charge is 2.16. The molecule has 0 saturated carbocycles. The molecule has 0 spiro atoms. The van der Waals surface area contributed by atoms with Crippen molar-refractivity contribution < 1.29 is 24.2 Å². The van der Waals surface area contributed by atoms with Gasteiger partial charge >= 0.3 is 12.1 Å². The SMILES string of the molecule is CC(C)(C)OC(=O)NCCC(=O)Oc1ccc(CO)cc1. The monoisotopic (exact) mass is 295 g/mol. The van der Waals surface area contributed by atoms with Gasteiger partial charge in [0.25, 0.3) is 0 Å². The molecule has 6 nitrogen and oxygen atoms in total. The van der Waals surface area contributed by atoms with Crippen molar-refractivity contribution in [2.75, 3.05) is 6.54 Å². The molecule has 21 heavy (non-hydrogen) atoms. The minimum absolute atomic E-state index is 0.0427. The molecule has 2 N–H and O–H groups in total. The van der Waals surface area contributed by atoms with Gasteiger partial charge in [-0.3, -0.25) is 4.79 Å². The highest BCUT2D eigenvalue weighted by molar-refractivity contribution is 5.74. The smallest absolute Gasteiger partial charge is 0.407 e. The number of aliphatic hydroxyl groups excluding tert-OH is 1. The summed E-state index contributed by atoms with van der Waals surface area (Å²) < 4.78 is 10.1. The predicted octanol–water partition coefficient (Wildman–Crippen LogP) is 2.00. The first-order valence-electron chi connectivity index (χ1n) is 6.67. The third-order valence-corrected chi connectivity index (χ3v) is 2.33. The van der Waals surface area contributed by atoms with Crippen LogP contribution in [0.25, 0.3) is 0 Å². The lowest BCUT2D eigenvalue weighted by molar-refractivity contribution is -0.134. The van der Waals surface area contributed by atoms with Gasteiger partial charge in [-0.2, -0.15) is 0 Å². The topological polar surface area (TPSA) is 84.9 Å². The zero-order chi connectivity index (χ0) is 15.9. The molecular formula is C15H21NO5. The fourth-order valence-electron chi connectivity index (χ4n) is 1.43.